The average molecular weight is 288 g/mol. The van der Waals surface area contributed by atoms with Gasteiger partial charge in [0.2, 0.25) is 5.91 Å². The predicted octanol–water partition coefficient (Wildman–Crippen LogP) is 2.11. The first-order valence-corrected chi connectivity index (χ1v) is 8.02. The van der Waals surface area contributed by atoms with Gasteiger partial charge in [-0.3, -0.25) is 4.79 Å². The zero-order valence-electron chi connectivity index (χ0n) is 12.7. The van der Waals surface area contributed by atoms with Crippen LogP contribution < -0.4 is 4.90 Å². The number of likely N-dealkylation sites (tertiary alicyclic amines) is 1. The van der Waals surface area contributed by atoms with Crippen LogP contribution in [0.4, 0.5) is 5.69 Å². The molecule has 2 aliphatic rings. The zero-order valence-corrected chi connectivity index (χ0v) is 12.7. The molecule has 0 aromatic heterocycles. The van der Waals surface area contributed by atoms with Crippen molar-refractivity contribution in [2.45, 2.75) is 38.7 Å². The highest BCUT2D eigenvalue weighted by Gasteiger charge is 2.25. The number of nitrogens with zero attached hydrogens (tertiary/aromatic N) is 2. The lowest BCUT2D eigenvalue weighted by atomic mass is 10.0. The summed E-state index contributed by atoms with van der Waals surface area (Å²) in [6, 6.07) is 6.05. The summed E-state index contributed by atoms with van der Waals surface area (Å²) in [6.45, 7) is 5.58. The first kappa shape index (κ1) is 14.5. The molecule has 3 rings (SSSR count). The minimum Gasteiger partial charge on any atom is -0.387 e. The van der Waals surface area contributed by atoms with E-state index in [0.717, 1.165) is 43.9 Å². The van der Waals surface area contributed by atoms with Crippen LogP contribution in [0.3, 0.4) is 0 Å². The van der Waals surface area contributed by atoms with E-state index < -0.39 is 6.10 Å². The smallest absolute Gasteiger partial charge is 0.226 e. The van der Waals surface area contributed by atoms with Gasteiger partial charge < -0.3 is 14.9 Å². The first-order valence-electron chi connectivity index (χ1n) is 8.02. The van der Waals surface area contributed by atoms with Crippen molar-refractivity contribution in [3.63, 3.8) is 0 Å². The monoisotopic (exact) mass is 288 g/mol. The quantitative estimate of drug-likeness (QED) is 0.923. The number of carbonyl (C=O) groups is 1. The highest BCUT2D eigenvalue weighted by Crippen LogP contribution is 2.31. The Kier molecular flexibility index (Phi) is 4.27. The molecule has 0 saturated carbocycles. The van der Waals surface area contributed by atoms with Crippen molar-refractivity contribution in [2.24, 2.45) is 0 Å². The summed E-state index contributed by atoms with van der Waals surface area (Å²) in [6.07, 6.45) is 3.49. The second-order valence-electron chi connectivity index (χ2n) is 6.06. The van der Waals surface area contributed by atoms with Crippen molar-refractivity contribution in [2.75, 3.05) is 31.1 Å². The topological polar surface area (TPSA) is 43.8 Å². The molecule has 1 aromatic carbocycles. The third kappa shape index (κ3) is 2.97. The lowest BCUT2D eigenvalue weighted by Gasteiger charge is -2.21. The van der Waals surface area contributed by atoms with Crippen molar-refractivity contribution >= 4 is 11.6 Å². The molecule has 1 N–H and O–H groups in total. The molecule has 1 aromatic rings. The number of β-amino-alcohol motifs (C(OH)–C–C–N with tert-alkyl or cyclic N) is 1. The van der Waals surface area contributed by atoms with Crippen LogP contribution >= 0.6 is 0 Å². The average Bonchev–Trinajstić information content (AvgIpc) is 3.14. The van der Waals surface area contributed by atoms with Crippen molar-refractivity contribution < 1.29 is 9.90 Å². The van der Waals surface area contributed by atoms with E-state index in [1.807, 2.05) is 24.0 Å². The molecule has 1 unspecified atom stereocenters. The van der Waals surface area contributed by atoms with Gasteiger partial charge in [0.15, 0.2) is 0 Å². The van der Waals surface area contributed by atoms with Crippen molar-refractivity contribution in [3.8, 4) is 0 Å². The summed E-state index contributed by atoms with van der Waals surface area (Å²) in [5.41, 5.74) is 3.19. The molecule has 1 amide bonds. The standard InChI is InChI=1S/C17H24N2O2/c1-2-17(21)19-10-7-13-11-14(5-6-15(13)19)16(20)12-18-8-3-4-9-18/h5-6,11,16,20H,2-4,7-10,12H2,1H3. The van der Waals surface area contributed by atoms with Crippen LogP contribution in [0.15, 0.2) is 18.2 Å². The van der Waals surface area contributed by atoms with Gasteiger partial charge >= 0.3 is 0 Å². The Morgan fingerprint density at radius 3 is 2.76 bits per heavy atom. The second-order valence-corrected chi connectivity index (χ2v) is 6.06. The van der Waals surface area contributed by atoms with Gasteiger partial charge in [0, 0.05) is 25.2 Å². The molecule has 0 radical (unpaired) electrons. The number of aliphatic hydroxyl groups excluding tert-OH is 1. The third-order valence-corrected chi connectivity index (χ3v) is 4.62. The van der Waals surface area contributed by atoms with E-state index in [2.05, 4.69) is 11.0 Å². The fourth-order valence-corrected chi connectivity index (χ4v) is 3.39. The van der Waals surface area contributed by atoms with Crippen LogP contribution in [0.2, 0.25) is 0 Å². The first-order chi connectivity index (χ1) is 10.2. The molecular weight excluding hydrogens is 264 g/mol. The van der Waals surface area contributed by atoms with Gasteiger partial charge in [-0.2, -0.15) is 0 Å². The van der Waals surface area contributed by atoms with Gasteiger partial charge in [0.05, 0.1) is 6.10 Å². The number of fused-ring (bicyclic) bond motifs is 1. The number of rotatable bonds is 4. The molecule has 1 saturated heterocycles. The maximum Gasteiger partial charge on any atom is 0.226 e. The van der Waals surface area contributed by atoms with E-state index in [0.29, 0.717) is 6.42 Å². The fraction of sp³-hybridized carbons (Fsp3) is 0.588. The Morgan fingerprint density at radius 2 is 2.05 bits per heavy atom. The summed E-state index contributed by atoms with van der Waals surface area (Å²) in [5.74, 6) is 0.180. The van der Waals surface area contributed by atoms with Crippen molar-refractivity contribution in [3.05, 3.63) is 29.3 Å². The summed E-state index contributed by atoms with van der Waals surface area (Å²) in [4.78, 5) is 16.1. The summed E-state index contributed by atoms with van der Waals surface area (Å²) in [5, 5.41) is 10.4. The van der Waals surface area contributed by atoms with E-state index in [-0.39, 0.29) is 5.91 Å². The van der Waals surface area contributed by atoms with E-state index >= 15 is 0 Å². The largest absolute Gasteiger partial charge is 0.387 e. The molecule has 4 nitrogen and oxygen atoms in total. The van der Waals surface area contributed by atoms with Crippen LogP contribution in [0.5, 0.6) is 0 Å². The number of hydrogen-bond donors (Lipinski definition) is 1. The maximum absolute atomic E-state index is 11.9. The molecule has 0 bridgehead atoms. The zero-order chi connectivity index (χ0) is 14.8. The molecule has 0 spiro atoms. The molecule has 0 aliphatic carbocycles. The van der Waals surface area contributed by atoms with Crippen LogP contribution in [0, 0.1) is 0 Å². The maximum atomic E-state index is 11.9. The fourth-order valence-electron chi connectivity index (χ4n) is 3.39. The Bertz CT molecular complexity index is 524. The Balaban J connectivity index is 1.72. The number of benzene rings is 1. The Morgan fingerprint density at radius 1 is 1.29 bits per heavy atom. The van der Waals surface area contributed by atoms with Gasteiger partial charge in [0.1, 0.15) is 0 Å². The van der Waals surface area contributed by atoms with E-state index in [4.69, 9.17) is 0 Å². The SMILES string of the molecule is CCC(=O)N1CCc2cc(C(O)CN3CCCC3)ccc21. The number of hydrogen-bond acceptors (Lipinski definition) is 3. The van der Waals surface area contributed by atoms with Gasteiger partial charge in [-0.1, -0.05) is 19.1 Å². The molecule has 1 atom stereocenters. The summed E-state index contributed by atoms with van der Waals surface area (Å²) in [7, 11) is 0. The molecule has 21 heavy (non-hydrogen) atoms. The van der Waals surface area contributed by atoms with E-state index in [1.54, 1.807) is 0 Å². The van der Waals surface area contributed by atoms with E-state index in [9.17, 15) is 9.90 Å². The highest BCUT2D eigenvalue weighted by atomic mass is 16.3. The minimum absolute atomic E-state index is 0.180. The van der Waals surface area contributed by atoms with Crippen LogP contribution in [-0.2, 0) is 11.2 Å². The number of aliphatic hydroxyl groups is 1. The van der Waals surface area contributed by atoms with Crippen LogP contribution in [0.25, 0.3) is 0 Å². The second kappa shape index (κ2) is 6.16. The lowest BCUT2D eigenvalue weighted by Crippen LogP contribution is -2.27. The van der Waals surface area contributed by atoms with E-state index in [1.165, 1.54) is 18.4 Å². The number of carbonyl (C=O) groups excluding carboxylic acids is 1. The summed E-state index contributed by atoms with van der Waals surface area (Å²) >= 11 is 0. The predicted molar refractivity (Wildman–Crippen MR) is 83.4 cm³/mol. The highest BCUT2D eigenvalue weighted by molar-refractivity contribution is 5.95. The van der Waals surface area contributed by atoms with Crippen LogP contribution in [-0.4, -0.2) is 42.1 Å². The molecule has 2 heterocycles. The van der Waals surface area contributed by atoms with Gasteiger partial charge in [0.25, 0.3) is 0 Å². The van der Waals surface area contributed by atoms with Crippen LogP contribution in [0.1, 0.15) is 43.4 Å². The lowest BCUT2D eigenvalue weighted by molar-refractivity contribution is -0.118. The third-order valence-electron chi connectivity index (χ3n) is 4.62. The molecule has 1 fully saturated rings. The minimum atomic E-state index is -0.427. The van der Waals surface area contributed by atoms with Gasteiger partial charge in [-0.25, -0.2) is 0 Å². The molecule has 4 heteroatoms. The van der Waals surface area contributed by atoms with Crippen molar-refractivity contribution in [1.82, 2.24) is 4.90 Å². The van der Waals surface area contributed by atoms with Gasteiger partial charge in [-0.05, 0) is 49.5 Å². The molecular formula is C17H24N2O2. The molecule has 2 aliphatic heterocycles. The van der Waals surface area contributed by atoms with Gasteiger partial charge in [-0.15, -0.1) is 0 Å². The van der Waals surface area contributed by atoms with Crippen molar-refractivity contribution in [1.29, 1.82) is 0 Å². The molecule has 114 valence electrons. The summed E-state index contributed by atoms with van der Waals surface area (Å²) < 4.78 is 0. The number of amides is 1. The Labute approximate surface area is 126 Å². The normalized spacial score (nSPS) is 19.8. The Hall–Kier alpha value is -1.39. The number of anilines is 1.